The standard InChI is InChI=1S/C22H21N5O2S/c1-4-27-18-11-6-5-10-17(18)19-20(27)24-22(26-25-19)30-14(3)21(29)23-16-9-7-8-15(12-16)13(2)28/h5-12,14H,4H2,1-3H3,(H,23,29)/t14-/m0/s1. The quantitative estimate of drug-likeness (QED) is 0.370. The molecule has 30 heavy (non-hydrogen) atoms. The van der Waals surface area contributed by atoms with Crippen LogP contribution in [0.1, 0.15) is 31.1 Å². The maximum Gasteiger partial charge on any atom is 0.237 e. The van der Waals surface area contributed by atoms with Gasteiger partial charge in [0.05, 0.1) is 10.8 Å². The van der Waals surface area contributed by atoms with Crippen LogP contribution in [0.5, 0.6) is 0 Å². The smallest absolute Gasteiger partial charge is 0.237 e. The number of rotatable bonds is 6. The fraction of sp³-hybridized carbons (Fsp3) is 0.227. The molecule has 1 atom stereocenters. The van der Waals surface area contributed by atoms with E-state index < -0.39 is 5.25 Å². The first-order valence-corrected chi connectivity index (χ1v) is 10.6. The zero-order chi connectivity index (χ0) is 21.3. The van der Waals surface area contributed by atoms with Gasteiger partial charge in [0.15, 0.2) is 11.4 Å². The predicted octanol–water partition coefficient (Wildman–Crippen LogP) is 4.32. The highest BCUT2D eigenvalue weighted by Crippen LogP contribution is 2.28. The molecular weight excluding hydrogens is 398 g/mol. The van der Waals surface area contributed by atoms with E-state index in [-0.39, 0.29) is 11.7 Å². The van der Waals surface area contributed by atoms with E-state index in [0.29, 0.717) is 16.4 Å². The van der Waals surface area contributed by atoms with Gasteiger partial charge < -0.3 is 9.88 Å². The van der Waals surface area contributed by atoms with Crippen molar-refractivity contribution in [1.29, 1.82) is 0 Å². The molecule has 0 radical (unpaired) electrons. The Hall–Kier alpha value is -3.26. The Balaban J connectivity index is 1.56. The third-order valence-corrected chi connectivity index (χ3v) is 5.81. The summed E-state index contributed by atoms with van der Waals surface area (Å²) in [6.45, 7) is 6.11. The summed E-state index contributed by atoms with van der Waals surface area (Å²) >= 11 is 1.25. The molecule has 0 aliphatic heterocycles. The van der Waals surface area contributed by atoms with Gasteiger partial charge in [0.1, 0.15) is 5.52 Å². The molecule has 1 amide bonds. The zero-order valence-electron chi connectivity index (χ0n) is 16.9. The van der Waals surface area contributed by atoms with Crippen molar-refractivity contribution in [2.75, 3.05) is 5.32 Å². The number of hydrogen-bond acceptors (Lipinski definition) is 6. The van der Waals surface area contributed by atoms with Crippen LogP contribution < -0.4 is 5.32 Å². The van der Waals surface area contributed by atoms with E-state index in [4.69, 9.17) is 0 Å². The number of ketones is 1. The van der Waals surface area contributed by atoms with Crippen molar-refractivity contribution in [2.45, 2.75) is 37.7 Å². The van der Waals surface area contributed by atoms with Gasteiger partial charge in [0.2, 0.25) is 11.1 Å². The highest BCUT2D eigenvalue weighted by molar-refractivity contribution is 8.00. The van der Waals surface area contributed by atoms with Gasteiger partial charge in [0, 0.05) is 23.2 Å². The maximum atomic E-state index is 12.6. The van der Waals surface area contributed by atoms with Crippen LogP contribution in [0.25, 0.3) is 22.1 Å². The van der Waals surface area contributed by atoms with E-state index in [2.05, 4.69) is 32.0 Å². The molecule has 0 saturated carbocycles. The summed E-state index contributed by atoms with van der Waals surface area (Å²) in [4.78, 5) is 28.8. The third kappa shape index (κ3) is 3.78. The average molecular weight is 420 g/mol. The minimum Gasteiger partial charge on any atom is -0.325 e. The van der Waals surface area contributed by atoms with Gasteiger partial charge in [-0.3, -0.25) is 9.59 Å². The van der Waals surface area contributed by atoms with Gasteiger partial charge in [-0.25, -0.2) is 4.98 Å². The monoisotopic (exact) mass is 419 g/mol. The fourth-order valence-corrected chi connectivity index (χ4v) is 4.04. The lowest BCUT2D eigenvalue weighted by atomic mass is 10.1. The molecule has 0 aliphatic carbocycles. The highest BCUT2D eigenvalue weighted by Gasteiger charge is 2.19. The van der Waals surface area contributed by atoms with Crippen LogP contribution in [-0.4, -0.2) is 36.7 Å². The number of benzene rings is 2. The van der Waals surface area contributed by atoms with Crippen molar-refractivity contribution in [3.8, 4) is 0 Å². The third-order valence-electron chi connectivity index (χ3n) is 4.86. The molecule has 0 bridgehead atoms. The van der Waals surface area contributed by atoms with Crippen LogP contribution in [0.2, 0.25) is 0 Å². The van der Waals surface area contributed by atoms with E-state index in [1.807, 2.05) is 24.3 Å². The SMILES string of the molecule is CCn1c2ccccc2c2nnc(S[C@@H](C)C(=O)Nc3cccc(C(C)=O)c3)nc21. The molecule has 0 saturated heterocycles. The first-order chi connectivity index (χ1) is 14.5. The lowest BCUT2D eigenvalue weighted by molar-refractivity contribution is -0.115. The molecule has 4 rings (SSSR count). The Morgan fingerprint density at radius 2 is 1.93 bits per heavy atom. The van der Waals surface area contributed by atoms with E-state index in [0.717, 1.165) is 28.6 Å². The molecule has 4 aromatic rings. The molecule has 0 fully saturated rings. The molecule has 2 aromatic heterocycles. The Kier molecular flexibility index (Phi) is 5.50. The molecule has 2 heterocycles. The van der Waals surface area contributed by atoms with Crippen LogP contribution in [0.15, 0.2) is 53.7 Å². The normalized spacial score (nSPS) is 12.2. The second-order valence-corrected chi connectivity index (χ2v) is 8.22. The minimum atomic E-state index is -0.440. The fourth-order valence-electron chi connectivity index (χ4n) is 3.33. The molecule has 8 heteroatoms. The van der Waals surface area contributed by atoms with Crippen molar-refractivity contribution in [2.24, 2.45) is 0 Å². The number of nitrogens with one attached hydrogen (secondary N) is 1. The predicted molar refractivity (Wildman–Crippen MR) is 119 cm³/mol. The summed E-state index contributed by atoms with van der Waals surface area (Å²) < 4.78 is 2.10. The topological polar surface area (TPSA) is 89.8 Å². The van der Waals surface area contributed by atoms with E-state index >= 15 is 0 Å². The van der Waals surface area contributed by atoms with E-state index in [1.165, 1.54) is 18.7 Å². The summed E-state index contributed by atoms with van der Waals surface area (Å²) in [6.07, 6.45) is 0. The molecule has 1 N–H and O–H groups in total. The maximum absolute atomic E-state index is 12.6. The highest BCUT2D eigenvalue weighted by atomic mass is 32.2. The summed E-state index contributed by atoms with van der Waals surface area (Å²) in [5.41, 5.74) is 3.72. The first kappa shape index (κ1) is 20.0. The first-order valence-electron chi connectivity index (χ1n) is 9.68. The number of thioether (sulfide) groups is 1. The lowest BCUT2D eigenvalue weighted by Gasteiger charge is -2.11. The summed E-state index contributed by atoms with van der Waals surface area (Å²) in [5, 5.41) is 12.5. The van der Waals surface area contributed by atoms with Crippen LogP contribution in [0.4, 0.5) is 5.69 Å². The Morgan fingerprint density at radius 3 is 2.70 bits per heavy atom. The second kappa shape index (κ2) is 8.23. The van der Waals surface area contributed by atoms with Crippen LogP contribution >= 0.6 is 11.8 Å². The number of carbonyl (C=O) groups is 2. The van der Waals surface area contributed by atoms with Crippen molar-refractivity contribution < 1.29 is 9.59 Å². The van der Waals surface area contributed by atoms with Gasteiger partial charge in [0.25, 0.3) is 0 Å². The number of aromatic nitrogens is 4. The Bertz CT molecular complexity index is 1270. The number of carbonyl (C=O) groups excluding carboxylic acids is 2. The number of para-hydroxylation sites is 1. The zero-order valence-corrected chi connectivity index (χ0v) is 17.7. The number of amides is 1. The minimum absolute atomic E-state index is 0.0485. The molecule has 152 valence electrons. The summed E-state index contributed by atoms with van der Waals surface area (Å²) in [7, 11) is 0. The lowest BCUT2D eigenvalue weighted by Crippen LogP contribution is -2.22. The van der Waals surface area contributed by atoms with Gasteiger partial charge >= 0.3 is 0 Å². The number of nitrogens with zero attached hydrogens (tertiary/aromatic N) is 4. The number of aryl methyl sites for hydroxylation is 1. The second-order valence-electron chi connectivity index (χ2n) is 6.91. The molecule has 0 spiro atoms. The Morgan fingerprint density at radius 1 is 1.13 bits per heavy atom. The van der Waals surface area contributed by atoms with Crippen LogP contribution in [0.3, 0.4) is 0 Å². The van der Waals surface area contributed by atoms with Crippen LogP contribution in [-0.2, 0) is 11.3 Å². The van der Waals surface area contributed by atoms with E-state index in [1.54, 1.807) is 31.2 Å². The summed E-state index contributed by atoms with van der Waals surface area (Å²) in [5.74, 6) is -0.243. The van der Waals surface area contributed by atoms with Crippen molar-refractivity contribution >= 4 is 51.2 Å². The number of hydrogen-bond donors (Lipinski definition) is 1. The largest absolute Gasteiger partial charge is 0.325 e. The van der Waals surface area contributed by atoms with Gasteiger partial charge in [-0.1, -0.05) is 42.1 Å². The van der Waals surface area contributed by atoms with Crippen molar-refractivity contribution in [1.82, 2.24) is 19.7 Å². The average Bonchev–Trinajstić information content (AvgIpc) is 3.06. The molecular formula is C22H21N5O2S. The van der Waals surface area contributed by atoms with Crippen LogP contribution in [0, 0.1) is 0 Å². The van der Waals surface area contributed by atoms with Crippen molar-refractivity contribution in [3.05, 3.63) is 54.1 Å². The van der Waals surface area contributed by atoms with E-state index in [9.17, 15) is 9.59 Å². The van der Waals surface area contributed by atoms with Gasteiger partial charge in [-0.05, 0) is 39.0 Å². The van der Waals surface area contributed by atoms with Gasteiger partial charge in [-0.2, -0.15) is 0 Å². The Labute approximate surface area is 177 Å². The summed E-state index contributed by atoms with van der Waals surface area (Å²) in [6, 6.07) is 14.9. The van der Waals surface area contributed by atoms with Crippen molar-refractivity contribution in [3.63, 3.8) is 0 Å². The number of anilines is 1. The molecule has 7 nitrogen and oxygen atoms in total. The molecule has 0 unspecified atom stereocenters. The molecule has 2 aromatic carbocycles. The van der Waals surface area contributed by atoms with Gasteiger partial charge in [-0.15, -0.1) is 10.2 Å². The number of Topliss-reactive ketones (excluding diaryl/α,β-unsaturated/α-hetero) is 1. The molecule has 0 aliphatic rings. The number of fused-ring (bicyclic) bond motifs is 3.